The van der Waals surface area contributed by atoms with E-state index in [4.69, 9.17) is 4.98 Å². The van der Waals surface area contributed by atoms with E-state index in [9.17, 15) is 4.79 Å². The number of imidazole rings is 2. The first-order chi connectivity index (χ1) is 14.6. The lowest BCUT2D eigenvalue weighted by atomic mass is 9.70. The summed E-state index contributed by atoms with van der Waals surface area (Å²) in [6.07, 6.45) is 7.56. The molecule has 152 valence electrons. The van der Waals surface area contributed by atoms with Crippen molar-refractivity contribution in [3.63, 3.8) is 0 Å². The van der Waals surface area contributed by atoms with Crippen molar-refractivity contribution >= 4 is 11.6 Å². The molecule has 0 radical (unpaired) electrons. The van der Waals surface area contributed by atoms with Crippen molar-refractivity contribution in [1.29, 1.82) is 0 Å². The van der Waals surface area contributed by atoms with E-state index in [0.717, 1.165) is 29.9 Å². The minimum absolute atomic E-state index is 0.0594. The molecular formula is C24H25N5O. The molecule has 1 aliphatic rings. The third-order valence-corrected chi connectivity index (χ3v) is 6.41. The van der Waals surface area contributed by atoms with Crippen molar-refractivity contribution in [2.24, 2.45) is 7.05 Å². The SMILES string of the molecule is Cc1ncn(C)c1C(=O)N1CCC(c2ccccc2)(c2cn3ccccc3n2)CC1. The standard InChI is InChI=1S/C24H25N5O/c1-18-22(27(2)17-25-18)23(30)28-14-11-24(12-15-28,19-8-4-3-5-9-19)20-16-29-13-7-6-10-21(29)26-20/h3-10,13,16-17H,11-12,14-15H2,1-2H3. The molecule has 3 aromatic heterocycles. The molecule has 0 aliphatic carbocycles. The largest absolute Gasteiger partial charge is 0.337 e. The predicted molar refractivity (Wildman–Crippen MR) is 115 cm³/mol. The number of piperidine rings is 1. The third-order valence-electron chi connectivity index (χ3n) is 6.41. The van der Waals surface area contributed by atoms with Gasteiger partial charge in [0.1, 0.15) is 11.3 Å². The Morgan fingerprint density at radius 3 is 2.43 bits per heavy atom. The lowest BCUT2D eigenvalue weighted by Crippen LogP contribution is -2.46. The van der Waals surface area contributed by atoms with Crippen LogP contribution < -0.4 is 0 Å². The first kappa shape index (κ1) is 18.6. The summed E-state index contributed by atoms with van der Waals surface area (Å²) in [5, 5.41) is 0. The Morgan fingerprint density at radius 2 is 1.77 bits per heavy atom. The van der Waals surface area contributed by atoms with Crippen LogP contribution in [0.2, 0.25) is 0 Å². The van der Waals surface area contributed by atoms with Crippen molar-refractivity contribution in [1.82, 2.24) is 23.8 Å². The number of benzene rings is 1. The molecule has 4 heterocycles. The summed E-state index contributed by atoms with van der Waals surface area (Å²) in [6.45, 7) is 3.26. The van der Waals surface area contributed by atoms with Gasteiger partial charge in [-0.05, 0) is 37.5 Å². The van der Waals surface area contributed by atoms with Gasteiger partial charge in [0.05, 0.1) is 17.7 Å². The second-order valence-electron chi connectivity index (χ2n) is 8.12. The number of nitrogens with zero attached hydrogens (tertiary/aromatic N) is 5. The monoisotopic (exact) mass is 399 g/mol. The highest BCUT2D eigenvalue weighted by Gasteiger charge is 2.41. The van der Waals surface area contributed by atoms with Crippen molar-refractivity contribution in [3.8, 4) is 0 Å². The van der Waals surface area contributed by atoms with Crippen LogP contribution in [0.5, 0.6) is 0 Å². The quantitative estimate of drug-likeness (QED) is 0.529. The number of likely N-dealkylation sites (tertiary alicyclic amines) is 1. The van der Waals surface area contributed by atoms with Crippen molar-refractivity contribution in [3.05, 3.63) is 89.9 Å². The van der Waals surface area contributed by atoms with E-state index >= 15 is 0 Å². The molecular weight excluding hydrogens is 374 g/mol. The normalized spacial score (nSPS) is 16.1. The highest BCUT2D eigenvalue weighted by molar-refractivity contribution is 5.93. The van der Waals surface area contributed by atoms with E-state index in [1.165, 1.54) is 5.56 Å². The van der Waals surface area contributed by atoms with Gasteiger partial charge in [0.15, 0.2) is 0 Å². The van der Waals surface area contributed by atoms with Gasteiger partial charge in [0.25, 0.3) is 5.91 Å². The summed E-state index contributed by atoms with van der Waals surface area (Å²) >= 11 is 0. The van der Waals surface area contributed by atoms with Crippen LogP contribution in [0.15, 0.2) is 67.3 Å². The topological polar surface area (TPSA) is 55.4 Å². The smallest absolute Gasteiger partial charge is 0.272 e. The fourth-order valence-corrected chi connectivity index (χ4v) is 4.71. The van der Waals surface area contributed by atoms with Gasteiger partial charge in [-0.3, -0.25) is 4.79 Å². The number of rotatable bonds is 3. The van der Waals surface area contributed by atoms with Crippen molar-refractivity contribution in [2.45, 2.75) is 25.2 Å². The fourth-order valence-electron chi connectivity index (χ4n) is 4.71. The highest BCUT2D eigenvalue weighted by Crippen LogP contribution is 2.41. The fraction of sp³-hybridized carbons (Fsp3) is 0.292. The van der Waals surface area contributed by atoms with Crippen molar-refractivity contribution in [2.75, 3.05) is 13.1 Å². The molecule has 6 nitrogen and oxygen atoms in total. The molecule has 0 unspecified atom stereocenters. The number of hydrogen-bond acceptors (Lipinski definition) is 3. The molecule has 0 spiro atoms. The second kappa shape index (κ2) is 7.13. The summed E-state index contributed by atoms with van der Waals surface area (Å²) in [6, 6.07) is 16.7. The van der Waals surface area contributed by atoms with Gasteiger partial charge in [0.2, 0.25) is 0 Å². The molecule has 0 saturated carbocycles. The van der Waals surface area contributed by atoms with Crippen molar-refractivity contribution < 1.29 is 4.79 Å². The number of hydrogen-bond donors (Lipinski definition) is 0. The molecule has 0 N–H and O–H groups in total. The van der Waals surface area contributed by atoms with E-state index in [0.29, 0.717) is 18.8 Å². The number of aryl methyl sites for hydroxylation is 2. The zero-order chi connectivity index (χ0) is 20.7. The molecule has 1 fully saturated rings. The van der Waals surface area contributed by atoms with Gasteiger partial charge in [0, 0.05) is 37.9 Å². The lowest BCUT2D eigenvalue weighted by molar-refractivity contribution is 0.0673. The first-order valence-corrected chi connectivity index (χ1v) is 10.4. The van der Waals surface area contributed by atoms with Gasteiger partial charge in [-0.1, -0.05) is 36.4 Å². The Labute approximate surface area is 175 Å². The maximum Gasteiger partial charge on any atom is 0.272 e. The molecule has 1 aliphatic heterocycles. The Balaban J connectivity index is 1.50. The first-order valence-electron chi connectivity index (χ1n) is 10.4. The van der Waals surface area contributed by atoms with E-state index in [-0.39, 0.29) is 11.3 Å². The summed E-state index contributed by atoms with van der Waals surface area (Å²) < 4.78 is 3.90. The van der Waals surface area contributed by atoms with Crippen LogP contribution in [0.1, 0.15) is 40.3 Å². The van der Waals surface area contributed by atoms with Gasteiger partial charge in [-0.25, -0.2) is 9.97 Å². The van der Waals surface area contributed by atoms with Crippen LogP contribution in [-0.4, -0.2) is 42.8 Å². The number of aromatic nitrogens is 4. The van der Waals surface area contributed by atoms with E-state index < -0.39 is 0 Å². The highest BCUT2D eigenvalue weighted by atomic mass is 16.2. The van der Waals surface area contributed by atoms with Crippen LogP contribution >= 0.6 is 0 Å². The van der Waals surface area contributed by atoms with Gasteiger partial charge in [-0.15, -0.1) is 0 Å². The lowest BCUT2D eigenvalue weighted by Gasteiger charge is -2.41. The van der Waals surface area contributed by atoms with Crippen LogP contribution in [-0.2, 0) is 12.5 Å². The summed E-state index contributed by atoms with van der Waals surface area (Å²) in [5.41, 5.74) is 4.54. The van der Waals surface area contributed by atoms with E-state index in [1.54, 1.807) is 6.33 Å². The van der Waals surface area contributed by atoms with E-state index in [1.807, 2.05) is 53.9 Å². The maximum absolute atomic E-state index is 13.2. The molecule has 30 heavy (non-hydrogen) atoms. The molecule has 0 bridgehead atoms. The molecule has 6 heteroatoms. The predicted octanol–water partition coefficient (Wildman–Crippen LogP) is 3.60. The average molecular weight is 399 g/mol. The van der Waals surface area contributed by atoms with Crippen LogP contribution in [0, 0.1) is 6.92 Å². The number of fused-ring (bicyclic) bond motifs is 1. The van der Waals surface area contributed by atoms with Crippen LogP contribution in [0.3, 0.4) is 0 Å². The molecule has 0 atom stereocenters. The second-order valence-corrected chi connectivity index (χ2v) is 8.12. The zero-order valence-electron chi connectivity index (χ0n) is 17.3. The van der Waals surface area contributed by atoms with Gasteiger partial charge < -0.3 is 13.9 Å². The molecule has 1 aromatic carbocycles. The van der Waals surface area contributed by atoms with Crippen LogP contribution in [0.4, 0.5) is 0 Å². The minimum Gasteiger partial charge on any atom is -0.337 e. The maximum atomic E-state index is 13.2. The Bertz CT molecular complexity index is 1150. The van der Waals surface area contributed by atoms with Gasteiger partial charge in [-0.2, -0.15) is 0 Å². The van der Waals surface area contributed by atoms with E-state index in [2.05, 4.69) is 39.8 Å². The van der Waals surface area contributed by atoms with Gasteiger partial charge >= 0.3 is 0 Å². The molecule has 4 aromatic rings. The third kappa shape index (κ3) is 2.91. The zero-order valence-corrected chi connectivity index (χ0v) is 17.3. The number of carbonyl (C=O) groups excluding carboxylic acids is 1. The summed E-state index contributed by atoms with van der Waals surface area (Å²) in [7, 11) is 1.88. The minimum atomic E-state index is -0.203. The molecule has 1 saturated heterocycles. The number of carbonyl (C=O) groups is 1. The number of amides is 1. The Hall–Kier alpha value is -3.41. The Morgan fingerprint density at radius 1 is 1.03 bits per heavy atom. The van der Waals surface area contributed by atoms with Crippen LogP contribution in [0.25, 0.3) is 5.65 Å². The number of pyridine rings is 1. The summed E-state index contributed by atoms with van der Waals surface area (Å²) in [4.78, 5) is 24.4. The summed E-state index contributed by atoms with van der Waals surface area (Å²) in [5.74, 6) is 0.0594. The molecule has 5 rings (SSSR count). The average Bonchev–Trinajstić information content (AvgIpc) is 3.37. The Kier molecular flexibility index (Phi) is 4.42. The molecule has 1 amide bonds.